The van der Waals surface area contributed by atoms with Gasteiger partial charge in [-0.3, -0.25) is 9.59 Å². The molecular weight excluding hydrogens is 362 g/mol. The van der Waals surface area contributed by atoms with Gasteiger partial charge in [0.05, 0.1) is 12.0 Å². The molecule has 0 saturated heterocycles. The normalized spacial score (nSPS) is 11.8. The molecule has 0 aliphatic carbocycles. The molecule has 140 valence electrons. The molecule has 0 bridgehead atoms. The number of thiophene rings is 1. The minimum Gasteiger partial charge on any atom is -0.496 e. The first kappa shape index (κ1) is 18.8. The van der Waals surface area contributed by atoms with Gasteiger partial charge in [-0.1, -0.05) is 24.3 Å². The summed E-state index contributed by atoms with van der Waals surface area (Å²) in [5.74, 6) is 0.546. The predicted octanol–water partition coefficient (Wildman–Crippen LogP) is 2.90. The maximum atomic E-state index is 12.5. The maximum absolute atomic E-state index is 12.5. The number of benzene rings is 1. The van der Waals surface area contributed by atoms with Gasteiger partial charge in [0.2, 0.25) is 5.91 Å². The van der Waals surface area contributed by atoms with Gasteiger partial charge in [-0.05, 0) is 42.5 Å². The standard InChI is InChI=1S/C20H21N3O3S/c1-14(20(25)21-12-11-15-6-3-4-7-17(15)26-2)23-19(24)10-9-16(22-23)18-8-5-13-27-18/h3-10,13-14H,11-12H2,1-2H3,(H,21,25). The number of para-hydroxylation sites is 1. The van der Waals surface area contributed by atoms with Gasteiger partial charge in [-0.25, -0.2) is 4.68 Å². The van der Waals surface area contributed by atoms with Crippen LogP contribution in [-0.2, 0) is 11.2 Å². The Morgan fingerprint density at radius 2 is 2.04 bits per heavy atom. The van der Waals surface area contributed by atoms with Crippen LogP contribution >= 0.6 is 11.3 Å². The van der Waals surface area contributed by atoms with E-state index in [-0.39, 0.29) is 11.5 Å². The summed E-state index contributed by atoms with van der Waals surface area (Å²) >= 11 is 1.54. The van der Waals surface area contributed by atoms with Crippen molar-refractivity contribution in [2.45, 2.75) is 19.4 Å². The summed E-state index contributed by atoms with van der Waals surface area (Å²) in [6.07, 6.45) is 0.639. The Balaban J connectivity index is 1.67. The lowest BCUT2D eigenvalue weighted by atomic mass is 10.1. The molecule has 6 nitrogen and oxygen atoms in total. The number of carbonyl (C=O) groups is 1. The Kier molecular flexibility index (Phi) is 6.03. The lowest BCUT2D eigenvalue weighted by Gasteiger charge is -2.15. The van der Waals surface area contributed by atoms with Crippen molar-refractivity contribution in [2.24, 2.45) is 0 Å². The fourth-order valence-corrected chi connectivity index (χ4v) is 3.44. The van der Waals surface area contributed by atoms with Crippen molar-refractivity contribution in [2.75, 3.05) is 13.7 Å². The third-order valence-corrected chi connectivity index (χ3v) is 5.12. The first-order chi connectivity index (χ1) is 13.1. The number of hydrogen-bond acceptors (Lipinski definition) is 5. The quantitative estimate of drug-likeness (QED) is 0.681. The lowest BCUT2D eigenvalue weighted by molar-refractivity contribution is -0.124. The molecule has 27 heavy (non-hydrogen) atoms. The third-order valence-electron chi connectivity index (χ3n) is 4.23. The SMILES string of the molecule is COc1ccccc1CCNC(=O)C(C)n1nc(-c2cccs2)ccc1=O. The minimum absolute atomic E-state index is 0.247. The Morgan fingerprint density at radius 3 is 2.78 bits per heavy atom. The summed E-state index contributed by atoms with van der Waals surface area (Å²) in [5.41, 5.74) is 1.39. The van der Waals surface area contributed by atoms with E-state index in [0.29, 0.717) is 18.7 Å². The van der Waals surface area contributed by atoms with Crippen LogP contribution < -0.4 is 15.6 Å². The second-order valence-electron chi connectivity index (χ2n) is 6.01. The van der Waals surface area contributed by atoms with Crippen LogP contribution in [0, 0.1) is 0 Å². The first-order valence-electron chi connectivity index (χ1n) is 8.63. The highest BCUT2D eigenvalue weighted by Gasteiger charge is 2.18. The molecule has 1 atom stereocenters. The molecule has 0 spiro atoms. The van der Waals surface area contributed by atoms with E-state index in [1.807, 2.05) is 41.8 Å². The van der Waals surface area contributed by atoms with Crippen molar-refractivity contribution in [3.63, 3.8) is 0 Å². The first-order valence-corrected chi connectivity index (χ1v) is 9.51. The second-order valence-corrected chi connectivity index (χ2v) is 6.96. The van der Waals surface area contributed by atoms with Crippen LogP contribution in [0.25, 0.3) is 10.6 Å². The number of nitrogens with zero attached hydrogens (tertiary/aromatic N) is 2. The zero-order chi connectivity index (χ0) is 19.2. The van der Waals surface area contributed by atoms with E-state index >= 15 is 0 Å². The topological polar surface area (TPSA) is 73.2 Å². The van der Waals surface area contributed by atoms with Crippen molar-refractivity contribution in [3.05, 3.63) is 69.8 Å². The number of carbonyl (C=O) groups excluding carboxylic acids is 1. The van der Waals surface area contributed by atoms with Crippen LogP contribution in [0.15, 0.2) is 58.7 Å². The summed E-state index contributed by atoms with van der Waals surface area (Å²) in [6, 6.07) is 14.0. The smallest absolute Gasteiger partial charge is 0.267 e. The number of nitrogens with one attached hydrogen (secondary N) is 1. The predicted molar refractivity (Wildman–Crippen MR) is 106 cm³/mol. The molecule has 1 aromatic carbocycles. The molecule has 2 heterocycles. The molecule has 0 fully saturated rings. The van der Waals surface area contributed by atoms with Crippen molar-refractivity contribution in [3.8, 4) is 16.3 Å². The van der Waals surface area contributed by atoms with Crippen molar-refractivity contribution >= 4 is 17.2 Å². The Bertz CT molecular complexity index is 967. The Labute approximate surface area is 161 Å². The second kappa shape index (κ2) is 8.64. The van der Waals surface area contributed by atoms with Crippen molar-refractivity contribution in [1.29, 1.82) is 0 Å². The largest absolute Gasteiger partial charge is 0.496 e. The van der Waals surface area contributed by atoms with Gasteiger partial charge >= 0.3 is 0 Å². The van der Waals surface area contributed by atoms with Crippen molar-refractivity contribution in [1.82, 2.24) is 15.1 Å². The van der Waals surface area contributed by atoms with E-state index < -0.39 is 6.04 Å². The van der Waals surface area contributed by atoms with Crippen LogP contribution in [0.5, 0.6) is 5.75 Å². The van der Waals surface area contributed by atoms with E-state index in [0.717, 1.165) is 16.2 Å². The lowest BCUT2D eigenvalue weighted by Crippen LogP contribution is -2.37. The maximum Gasteiger partial charge on any atom is 0.267 e. The molecule has 1 unspecified atom stereocenters. The fourth-order valence-electron chi connectivity index (χ4n) is 2.75. The number of rotatable bonds is 7. The van der Waals surface area contributed by atoms with E-state index in [4.69, 9.17) is 4.74 Å². The molecule has 7 heteroatoms. The van der Waals surface area contributed by atoms with Crippen LogP contribution in [0.4, 0.5) is 0 Å². The highest BCUT2D eigenvalue weighted by atomic mass is 32.1. The summed E-state index contributed by atoms with van der Waals surface area (Å²) in [7, 11) is 1.62. The Morgan fingerprint density at radius 1 is 1.22 bits per heavy atom. The van der Waals surface area contributed by atoms with Gasteiger partial charge in [0, 0.05) is 12.6 Å². The number of aromatic nitrogens is 2. The number of amides is 1. The van der Waals surface area contributed by atoms with Crippen LogP contribution in [-0.4, -0.2) is 29.3 Å². The summed E-state index contributed by atoms with van der Waals surface area (Å²) in [5, 5.41) is 9.18. The molecule has 2 aromatic heterocycles. The van der Waals surface area contributed by atoms with Gasteiger partial charge in [-0.15, -0.1) is 11.3 Å². The van der Waals surface area contributed by atoms with Gasteiger partial charge < -0.3 is 10.1 Å². The average Bonchev–Trinajstić information content (AvgIpc) is 3.23. The highest BCUT2D eigenvalue weighted by molar-refractivity contribution is 7.13. The number of ether oxygens (including phenoxy) is 1. The summed E-state index contributed by atoms with van der Waals surface area (Å²) in [6.45, 7) is 2.12. The van der Waals surface area contributed by atoms with E-state index in [2.05, 4.69) is 10.4 Å². The van der Waals surface area contributed by atoms with E-state index in [1.54, 1.807) is 20.1 Å². The van der Waals surface area contributed by atoms with Gasteiger partial charge in [0.25, 0.3) is 5.56 Å². The van der Waals surface area contributed by atoms with Crippen LogP contribution in [0.2, 0.25) is 0 Å². The van der Waals surface area contributed by atoms with E-state index in [9.17, 15) is 9.59 Å². The molecule has 3 aromatic rings. The van der Waals surface area contributed by atoms with Crippen LogP contribution in [0.1, 0.15) is 18.5 Å². The monoisotopic (exact) mass is 383 g/mol. The fraction of sp³-hybridized carbons (Fsp3) is 0.250. The van der Waals surface area contributed by atoms with Gasteiger partial charge in [-0.2, -0.15) is 5.10 Å². The summed E-state index contributed by atoms with van der Waals surface area (Å²) in [4.78, 5) is 25.6. The number of hydrogen-bond donors (Lipinski definition) is 1. The molecule has 0 aliphatic rings. The molecule has 0 radical (unpaired) electrons. The Hall–Kier alpha value is -2.93. The van der Waals surface area contributed by atoms with E-state index in [1.165, 1.54) is 22.1 Å². The molecule has 0 saturated carbocycles. The number of methoxy groups -OCH3 is 1. The highest BCUT2D eigenvalue weighted by Crippen LogP contribution is 2.21. The minimum atomic E-state index is -0.699. The van der Waals surface area contributed by atoms with Crippen molar-refractivity contribution < 1.29 is 9.53 Å². The molecule has 1 N–H and O–H groups in total. The average molecular weight is 383 g/mol. The third kappa shape index (κ3) is 4.43. The van der Waals surface area contributed by atoms with Gasteiger partial charge in [0.15, 0.2) is 0 Å². The summed E-state index contributed by atoms with van der Waals surface area (Å²) < 4.78 is 6.55. The molecular formula is C20H21N3O3S. The molecule has 1 amide bonds. The zero-order valence-corrected chi connectivity index (χ0v) is 16.0. The molecule has 3 rings (SSSR count). The zero-order valence-electron chi connectivity index (χ0n) is 15.2. The van der Waals surface area contributed by atoms with Gasteiger partial charge in [0.1, 0.15) is 17.5 Å². The van der Waals surface area contributed by atoms with Crippen LogP contribution in [0.3, 0.4) is 0 Å². The molecule has 0 aliphatic heterocycles.